The molecule has 3 heteroatoms. The molecule has 0 N–H and O–H groups in total. The van der Waals surface area contributed by atoms with Crippen LogP contribution < -0.4 is 0 Å². The van der Waals surface area contributed by atoms with Gasteiger partial charge in [0.25, 0.3) is 0 Å². The summed E-state index contributed by atoms with van der Waals surface area (Å²) in [5, 5.41) is 8.92. The molecule has 1 heterocycles. The zero-order valence-electron chi connectivity index (χ0n) is 7.18. The summed E-state index contributed by atoms with van der Waals surface area (Å²) in [6.07, 6.45) is 2.05. The second-order valence-corrected chi connectivity index (χ2v) is 3.74. The Hall–Kier alpha value is -1.22. The zero-order valence-corrected chi connectivity index (χ0v) is 8.00. The van der Waals surface area contributed by atoms with Crippen molar-refractivity contribution in [2.45, 2.75) is 12.8 Å². The highest BCUT2D eigenvalue weighted by atomic mass is 32.1. The second-order valence-electron chi connectivity index (χ2n) is 2.82. The number of aromatic nitrogens is 2. The monoisotopic (exact) mass is 190 g/mol. The maximum absolute atomic E-state index is 4.00. The molecule has 0 aliphatic rings. The summed E-state index contributed by atoms with van der Waals surface area (Å²) in [6, 6.07) is 10.4. The molecule has 13 heavy (non-hydrogen) atoms. The third-order valence-electron chi connectivity index (χ3n) is 1.88. The van der Waals surface area contributed by atoms with Crippen molar-refractivity contribution >= 4 is 11.3 Å². The highest BCUT2D eigenvalue weighted by molar-refractivity contribution is 7.09. The van der Waals surface area contributed by atoms with Crippen LogP contribution >= 0.6 is 11.3 Å². The first kappa shape index (κ1) is 8.38. The highest BCUT2D eigenvalue weighted by Gasteiger charge is 1.97. The van der Waals surface area contributed by atoms with Gasteiger partial charge in [0.05, 0.1) is 0 Å². The lowest BCUT2D eigenvalue weighted by Crippen LogP contribution is -1.89. The van der Waals surface area contributed by atoms with Crippen LogP contribution in [0.4, 0.5) is 0 Å². The van der Waals surface area contributed by atoms with E-state index in [0.717, 1.165) is 17.8 Å². The van der Waals surface area contributed by atoms with Crippen LogP contribution in [0.2, 0.25) is 0 Å². The van der Waals surface area contributed by atoms with Gasteiger partial charge >= 0.3 is 0 Å². The van der Waals surface area contributed by atoms with Crippen LogP contribution in [0.15, 0.2) is 35.8 Å². The molecule has 0 aliphatic carbocycles. The van der Waals surface area contributed by atoms with E-state index in [9.17, 15) is 0 Å². The Balaban J connectivity index is 1.94. The lowest BCUT2D eigenvalue weighted by atomic mass is 10.1. The van der Waals surface area contributed by atoms with E-state index >= 15 is 0 Å². The Morgan fingerprint density at radius 2 is 1.92 bits per heavy atom. The normalized spacial score (nSPS) is 10.2. The Bertz CT molecular complexity index is 342. The Labute approximate surface area is 81.3 Å². The van der Waals surface area contributed by atoms with Crippen LogP contribution in [0, 0.1) is 0 Å². The van der Waals surface area contributed by atoms with Gasteiger partial charge in [-0.3, -0.25) is 0 Å². The van der Waals surface area contributed by atoms with Crippen molar-refractivity contribution in [3.8, 4) is 0 Å². The molecule has 0 atom stereocenters. The fourth-order valence-electron chi connectivity index (χ4n) is 1.20. The van der Waals surface area contributed by atoms with Crippen molar-refractivity contribution in [3.63, 3.8) is 0 Å². The van der Waals surface area contributed by atoms with Crippen molar-refractivity contribution in [2.75, 3.05) is 0 Å². The van der Waals surface area contributed by atoms with Gasteiger partial charge in [-0.25, -0.2) is 0 Å². The van der Waals surface area contributed by atoms with Crippen molar-refractivity contribution in [2.24, 2.45) is 0 Å². The van der Waals surface area contributed by atoms with Gasteiger partial charge in [-0.1, -0.05) is 30.3 Å². The van der Waals surface area contributed by atoms with Crippen molar-refractivity contribution in [1.29, 1.82) is 0 Å². The maximum atomic E-state index is 4.00. The molecule has 0 radical (unpaired) electrons. The molecule has 0 saturated carbocycles. The number of aryl methyl sites for hydroxylation is 2. The molecular formula is C10H10N2S. The molecule has 0 saturated heterocycles. The van der Waals surface area contributed by atoms with Crippen molar-refractivity contribution in [3.05, 3.63) is 46.4 Å². The Morgan fingerprint density at radius 3 is 2.62 bits per heavy atom. The first-order valence-electron chi connectivity index (χ1n) is 4.24. The third-order valence-corrected chi connectivity index (χ3v) is 2.63. The summed E-state index contributed by atoms with van der Waals surface area (Å²) in [5.74, 6) is 0. The maximum Gasteiger partial charge on any atom is 0.117 e. The van der Waals surface area contributed by atoms with Crippen molar-refractivity contribution < 1.29 is 0 Å². The molecule has 0 fully saturated rings. The lowest BCUT2D eigenvalue weighted by molar-refractivity contribution is 0.904. The molecule has 2 rings (SSSR count). The summed E-state index contributed by atoms with van der Waals surface area (Å²) in [4.78, 5) is 0. The molecule has 2 nitrogen and oxygen atoms in total. The molecule has 2 aromatic rings. The number of benzene rings is 1. The quantitative estimate of drug-likeness (QED) is 0.742. The molecule has 0 unspecified atom stereocenters. The topological polar surface area (TPSA) is 25.8 Å². The molecule has 1 aromatic carbocycles. The molecule has 0 spiro atoms. The standard InChI is InChI=1S/C10H10N2S/c1-2-4-9(5-3-1)6-7-10-12-11-8-13-10/h1-5,8H,6-7H2. The van der Waals surface area contributed by atoms with Crippen LogP contribution in [0.25, 0.3) is 0 Å². The number of hydrogen-bond donors (Lipinski definition) is 0. The highest BCUT2D eigenvalue weighted by Crippen LogP contribution is 2.07. The fraction of sp³-hybridized carbons (Fsp3) is 0.200. The van der Waals surface area contributed by atoms with Crippen LogP contribution in [0.3, 0.4) is 0 Å². The van der Waals surface area contributed by atoms with Gasteiger partial charge in [0, 0.05) is 6.42 Å². The molecular weight excluding hydrogens is 180 g/mol. The Morgan fingerprint density at radius 1 is 1.08 bits per heavy atom. The first-order chi connectivity index (χ1) is 6.45. The van der Waals surface area contributed by atoms with Gasteiger partial charge in [-0.2, -0.15) is 0 Å². The minimum Gasteiger partial charge on any atom is -0.147 e. The average Bonchev–Trinajstić information content (AvgIpc) is 2.69. The number of hydrogen-bond acceptors (Lipinski definition) is 3. The van der Waals surface area contributed by atoms with E-state index in [0.29, 0.717) is 0 Å². The van der Waals surface area contributed by atoms with Gasteiger partial charge in [-0.15, -0.1) is 21.5 Å². The molecule has 0 amide bonds. The molecule has 0 bridgehead atoms. The molecule has 1 aromatic heterocycles. The van der Waals surface area contributed by atoms with Crippen LogP contribution in [0.1, 0.15) is 10.6 Å². The van der Waals surface area contributed by atoms with E-state index in [2.05, 4.69) is 34.5 Å². The summed E-state index contributed by atoms with van der Waals surface area (Å²) in [5.41, 5.74) is 3.14. The van der Waals surface area contributed by atoms with E-state index in [1.54, 1.807) is 16.8 Å². The van der Waals surface area contributed by atoms with Gasteiger partial charge in [0.15, 0.2) is 0 Å². The van der Waals surface area contributed by atoms with E-state index < -0.39 is 0 Å². The summed E-state index contributed by atoms with van der Waals surface area (Å²) < 4.78 is 0. The summed E-state index contributed by atoms with van der Waals surface area (Å²) in [6.45, 7) is 0. The SMILES string of the molecule is c1ccc(CCc2nncs2)cc1. The van der Waals surface area contributed by atoms with Gasteiger partial charge < -0.3 is 0 Å². The molecule has 0 aliphatic heterocycles. The predicted octanol–water partition coefficient (Wildman–Crippen LogP) is 2.32. The number of rotatable bonds is 3. The summed E-state index contributed by atoms with van der Waals surface area (Å²) >= 11 is 1.62. The fourth-order valence-corrected chi connectivity index (χ4v) is 1.73. The summed E-state index contributed by atoms with van der Waals surface area (Å²) in [7, 11) is 0. The first-order valence-corrected chi connectivity index (χ1v) is 5.12. The molecule has 66 valence electrons. The third kappa shape index (κ3) is 2.36. The minimum absolute atomic E-state index is 0.995. The van der Waals surface area contributed by atoms with E-state index in [1.165, 1.54) is 5.56 Å². The van der Waals surface area contributed by atoms with Gasteiger partial charge in [-0.05, 0) is 12.0 Å². The van der Waals surface area contributed by atoms with E-state index in [4.69, 9.17) is 0 Å². The lowest BCUT2D eigenvalue weighted by Gasteiger charge is -1.96. The second kappa shape index (κ2) is 4.14. The average molecular weight is 190 g/mol. The van der Waals surface area contributed by atoms with Gasteiger partial charge in [0.1, 0.15) is 10.5 Å². The van der Waals surface area contributed by atoms with Gasteiger partial charge in [0.2, 0.25) is 0 Å². The van der Waals surface area contributed by atoms with Crippen LogP contribution in [0.5, 0.6) is 0 Å². The van der Waals surface area contributed by atoms with Crippen LogP contribution in [-0.2, 0) is 12.8 Å². The van der Waals surface area contributed by atoms with E-state index in [-0.39, 0.29) is 0 Å². The predicted molar refractivity (Wildman–Crippen MR) is 53.8 cm³/mol. The zero-order chi connectivity index (χ0) is 8.93. The van der Waals surface area contributed by atoms with Crippen molar-refractivity contribution in [1.82, 2.24) is 10.2 Å². The number of nitrogens with zero attached hydrogens (tertiary/aromatic N) is 2. The van der Waals surface area contributed by atoms with Crippen LogP contribution in [-0.4, -0.2) is 10.2 Å². The minimum atomic E-state index is 0.995. The Kier molecular flexibility index (Phi) is 2.67. The van der Waals surface area contributed by atoms with E-state index in [1.807, 2.05) is 6.07 Å². The largest absolute Gasteiger partial charge is 0.147 e. The smallest absolute Gasteiger partial charge is 0.117 e.